The number of Topliss-reactive ketones (excluding diaryl/α,β-unsaturated/α-hetero) is 1. The third kappa shape index (κ3) is 6.13. The Labute approximate surface area is 238 Å². The number of hydrogen-bond donors (Lipinski definition) is 2. The van der Waals surface area contributed by atoms with Crippen LogP contribution in [0.4, 0.5) is 0 Å². The topological polar surface area (TPSA) is 127 Å². The van der Waals surface area contributed by atoms with E-state index in [9.17, 15) is 29.4 Å². The number of ether oxygens (including phenoxy) is 2. The maximum absolute atomic E-state index is 14.1. The summed E-state index contributed by atoms with van der Waals surface area (Å²) in [6.07, 6.45) is 6.98. The van der Waals surface area contributed by atoms with Gasteiger partial charge < -0.3 is 19.7 Å². The van der Waals surface area contributed by atoms with Crippen molar-refractivity contribution in [1.82, 2.24) is 0 Å². The second-order valence-electron chi connectivity index (χ2n) is 13.2. The number of aliphatic hydroxyl groups is 2. The van der Waals surface area contributed by atoms with Gasteiger partial charge in [-0.15, -0.1) is 0 Å². The number of carbonyl (C=O) groups is 4. The van der Waals surface area contributed by atoms with Crippen LogP contribution in [0.5, 0.6) is 0 Å². The Bertz CT molecular complexity index is 1060. The molecule has 0 aromatic carbocycles. The van der Waals surface area contributed by atoms with Gasteiger partial charge in [-0.2, -0.15) is 0 Å². The van der Waals surface area contributed by atoms with E-state index in [0.717, 1.165) is 6.42 Å². The summed E-state index contributed by atoms with van der Waals surface area (Å²) in [5.41, 5.74) is -3.39. The molecule has 0 spiro atoms. The summed E-state index contributed by atoms with van der Waals surface area (Å²) in [5, 5.41) is 21.6. The zero-order valence-electron chi connectivity index (χ0n) is 25.2. The molecule has 8 heteroatoms. The van der Waals surface area contributed by atoms with Gasteiger partial charge in [-0.1, -0.05) is 39.8 Å². The van der Waals surface area contributed by atoms with Crippen LogP contribution in [-0.2, 0) is 28.7 Å². The van der Waals surface area contributed by atoms with E-state index in [2.05, 4.69) is 39.8 Å². The largest absolute Gasteiger partial charge is 0.466 e. The Balaban J connectivity index is 2.05. The molecule has 0 aliphatic heterocycles. The molecule has 40 heavy (non-hydrogen) atoms. The fourth-order valence-electron chi connectivity index (χ4n) is 7.22. The van der Waals surface area contributed by atoms with Crippen LogP contribution in [0.25, 0.3) is 0 Å². The molecule has 8 atom stereocenters. The van der Waals surface area contributed by atoms with Crippen LogP contribution >= 0.6 is 0 Å². The summed E-state index contributed by atoms with van der Waals surface area (Å²) in [6.45, 7) is 13.3. The molecule has 2 N–H and O–H groups in total. The molecular weight excluding hydrogens is 512 g/mol. The predicted octanol–water partition coefficient (Wildman–Crippen LogP) is 4.36. The maximum atomic E-state index is 14.1. The molecule has 0 aromatic rings. The molecule has 3 aliphatic carbocycles. The van der Waals surface area contributed by atoms with Gasteiger partial charge in [0.15, 0.2) is 11.6 Å². The SMILES string of the molecule is CC(=O)OCC[C@]1(C)[C@@H]([C@@H](/C=C/[C@H](C)C(C)C)COC(C)=O)CC[C@H]1C1=CC(=O)[C@@]2(O)C[C@@H](O)CC[C@]2(C)C1=O. The zero-order valence-corrected chi connectivity index (χ0v) is 25.2. The first-order chi connectivity index (χ1) is 18.6. The molecule has 8 nitrogen and oxygen atoms in total. The Morgan fingerprint density at radius 2 is 1.70 bits per heavy atom. The van der Waals surface area contributed by atoms with Crippen LogP contribution in [0.2, 0.25) is 0 Å². The number of ketones is 2. The molecule has 3 rings (SSSR count). The third-order valence-corrected chi connectivity index (χ3v) is 10.3. The summed E-state index contributed by atoms with van der Waals surface area (Å²) in [5.74, 6) is -1.26. The predicted molar refractivity (Wildman–Crippen MR) is 150 cm³/mol. The highest BCUT2D eigenvalue weighted by atomic mass is 16.5. The Kier molecular flexibility index (Phi) is 9.88. The van der Waals surface area contributed by atoms with E-state index < -0.39 is 34.3 Å². The van der Waals surface area contributed by atoms with Crippen LogP contribution in [0.3, 0.4) is 0 Å². The number of aliphatic hydroxyl groups excluding tert-OH is 1. The number of hydrogen-bond acceptors (Lipinski definition) is 8. The molecule has 2 fully saturated rings. The van der Waals surface area contributed by atoms with Crippen molar-refractivity contribution < 1.29 is 38.9 Å². The minimum Gasteiger partial charge on any atom is -0.466 e. The van der Waals surface area contributed by atoms with E-state index in [1.807, 2.05) is 0 Å². The fraction of sp³-hybridized carbons (Fsp3) is 0.750. The lowest BCUT2D eigenvalue weighted by Gasteiger charge is -2.51. The van der Waals surface area contributed by atoms with Crippen LogP contribution in [0, 0.1) is 40.4 Å². The van der Waals surface area contributed by atoms with Crippen molar-refractivity contribution in [1.29, 1.82) is 0 Å². The minimum atomic E-state index is -1.93. The van der Waals surface area contributed by atoms with E-state index in [1.165, 1.54) is 19.9 Å². The Morgan fingerprint density at radius 1 is 1.05 bits per heavy atom. The van der Waals surface area contributed by atoms with E-state index in [4.69, 9.17) is 9.47 Å². The second kappa shape index (κ2) is 12.3. The van der Waals surface area contributed by atoms with Gasteiger partial charge in [0.25, 0.3) is 0 Å². The van der Waals surface area contributed by atoms with Crippen LogP contribution in [-0.4, -0.2) is 58.6 Å². The molecule has 0 aromatic heterocycles. The monoisotopic (exact) mass is 560 g/mol. The highest BCUT2D eigenvalue weighted by Crippen LogP contribution is 2.59. The summed E-state index contributed by atoms with van der Waals surface area (Å²) in [4.78, 5) is 51.0. The lowest BCUT2D eigenvalue weighted by atomic mass is 9.53. The normalized spacial score (nSPS) is 35.9. The number of allylic oxidation sites excluding steroid dienone is 2. The summed E-state index contributed by atoms with van der Waals surface area (Å²) in [6, 6.07) is 0. The van der Waals surface area contributed by atoms with Crippen molar-refractivity contribution in [3.63, 3.8) is 0 Å². The first kappa shape index (κ1) is 32.2. The molecule has 0 unspecified atom stereocenters. The van der Waals surface area contributed by atoms with Gasteiger partial charge in [0.05, 0.1) is 24.7 Å². The summed E-state index contributed by atoms with van der Waals surface area (Å²) >= 11 is 0. The van der Waals surface area contributed by atoms with Gasteiger partial charge in [0, 0.05) is 31.8 Å². The van der Waals surface area contributed by atoms with Gasteiger partial charge in [0.2, 0.25) is 0 Å². The molecular formula is C32H48O8. The smallest absolute Gasteiger partial charge is 0.302 e. The first-order valence-electron chi connectivity index (χ1n) is 14.7. The highest BCUT2D eigenvalue weighted by molar-refractivity contribution is 6.16. The van der Waals surface area contributed by atoms with Crippen LogP contribution in [0.15, 0.2) is 23.8 Å². The second-order valence-corrected chi connectivity index (χ2v) is 13.2. The standard InChI is InChI=1S/C32H48O8/c1-19(2)20(3)8-9-23(18-40-22(5)34)26-10-11-27(30(26,6)14-15-39-21(4)33)25-16-28(36)32(38)17-24(35)12-13-31(32,7)29(25)37/h8-9,16,19-20,23-24,26-27,35,38H,10-15,17-18H2,1-7H3/b9-8+/t20-,23-,24-,26+,27-,30+,31+,32-/m0/s1. The van der Waals surface area contributed by atoms with E-state index >= 15 is 0 Å². The van der Waals surface area contributed by atoms with Gasteiger partial charge in [-0.25, -0.2) is 0 Å². The van der Waals surface area contributed by atoms with Crippen molar-refractivity contribution in [2.45, 2.75) is 98.7 Å². The molecule has 224 valence electrons. The van der Waals surface area contributed by atoms with Crippen LogP contribution in [0.1, 0.15) is 87.0 Å². The highest BCUT2D eigenvalue weighted by Gasteiger charge is 2.63. The van der Waals surface area contributed by atoms with Crippen molar-refractivity contribution in [3.05, 3.63) is 23.8 Å². The van der Waals surface area contributed by atoms with Gasteiger partial charge >= 0.3 is 11.9 Å². The minimum absolute atomic E-state index is 0.0198. The third-order valence-electron chi connectivity index (χ3n) is 10.3. The fourth-order valence-corrected chi connectivity index (χ4v) is 7.22. The molecule has 0 bridgehead atoms. The Morgan fingerprint density at radius 3 is 2.30 bits per heavy atom. The molecule has 0 saturated heterocycles. The number of carbonyl (C=O) groups excluding carboxylic acids is 4. The number of esters is 2. The number of rotatable bonds is 10. The van der Waals surface area contributed by atoms with Crippen molar-refractivity contribution in [2.24, 2.45) is 40.4 Å². The van der Waals surface area contributed by atoms with Crippen molar-refractivity contribution in [3.8, 4) is 0 Å². The average molecular weight is 561 g/mol. The Hall–Kier alpha value is -2.32. The van der Waals surface area contributed by atoms with Crippen molar-refractivity contribution >= 4 is 23.5 Å². The molecule has 2 saturated carbocycles. The molecule has 0 heterocycles. The van der Waals surface area contributed by atoms with Crippen molar-refractivity contribution in [2.75, 3.05) is 13.2 Å². The first-order valence-corrected chi connectivity index (χ1v) is 14.7. The lowest BCUT2D eigenvalue weighted by molar-refractivity contribution is -0.174. The molecule has 3 aliphatic rings. The van der Waals surface area contributed by atoms with E-state index in [0.29, 0.717) is 36.7 Å². The average Bonchev–Trinajstić information content (AvgIpc) is 3.19. The molecule has 0 radical (unpaired) electrons. The van der Waals surface area contributed by atoms with Gasteiger partial charge in [0.1, 0.15) is 5.60 Å². The van der Waals surface area contributed by atoms with Gasteiger partial charge in [-0.05, 0) is 74.2 Å². The summed E-state index contributed by atoms with van der Waals surface area (Å²) in [7, 11) is 0. The summed E-state index contributed by atoms with van der Waals surface area (Å²) < 4.78 is 10.9. The quantitative estimate of drug-likeness (QED) is 0.298. The van der Waals surface area contributed by atoms with E-state index in [1.54, 1.807) is 6.92 Å². The van der Waals surface area contributed by atoms with Crippen LogP contribution < -0.4 is 0 Å². The zero-order chi connectivity index (χ0) is 30.0. The number of fused-ring (bicyclic) bond motifs is 1. The molecule has 0 amide bonds. The maximum Gasteiger partial charge on any atom is 0.302 e. The van der Waals surface area contributed by atoms with Gasteiger partial charge in [-0.3, -0.25) is 19.2 Å². The lowest BCUT2D eigenvalue weighted by Crippen LogP contribution is -2.63. The van der Waals surface area contributed by atoms with E-state index in [-0.39, 0.29) is 55.6 Å².